The van der Waals surface area contributed by atoms with Gasteiger partial charge in [0, 0.05) is 7.11 Å². The molecule has 0 heterocycles. The topological polar surface area (TPSA) is 26.3 Å². The van der Waals surface area contributed by atoms with E-state index in [1.165, 1.54) is 0 Å². The first-order chi connectivity index (χ1) is 4.58. The molecular formula is C8H16O2. The molecule has 10 heavy (non-hydrogen) atoms. The molecule has 0 saturated carbocycles. The summed E-state index contributed by atoms with van der Waals surface area (Å²) in [6, 6.07) is 0. The molecule has 0 aliphatic rings. The van der Waals surface area contributed by atoms with Gasteiger partial charge >= 0.3 is 0 Å². The summed E-state index contributed by atoms with van der Waals surface area (Å²) >= 11 is 0. The van der Waals surface area contributed by atoms with Crippen LogP contribution in [0.1, 0.15) is 27.2 Å². The highest BCUT2D eigenvalue weighted by Crippen LogP contribution is 2.25. The van der Waals surface area contributed by atoms with Gasteiger partial charge in [-0.05, 0) is 11.8 Å². The van der Waals surface area contributed by atoms with Crippen LogP contribution in [-0.4, -0.2) is 19.5 Å². The molecule has 0 aromatic rings. The van der Waals surface area contributed by atoms with Crippen LogP contribution in [0.25, 0.3) is 0 Å². The van der Waals surface area contributed by atoms with E-state index in [-0.39, 0.29) is 11.5 Å². The lowest BCUT2D eigenvalue weighted by Crippen LogP contribution is -2.31. The molecule has 0 aromatic carbocycles. The third-order valence-electron chi connectivity index (χ3n) is 2.06. The van der Waals surface area contributed by atoms with E-state index in [4.69, 9.17) is 4.74 Å². The van der Waals surface area contributed by atoms with E-state index >= 15 is 0 Å². The first-order valence-corrected chi connectivity index (χ1v) is 3.56. The van der Waals surface area contributed by atoms with Crippen LogP contribution in [0.15, 0.2) is 0 Å². The maximum absolute atomic E-state index is 10.4. The summed E-state index contributed by atoms with van der Waals surface area (Å²) in [6.07, 6.45) is 1.55. The van der Waals surface area contributed by atoms with Gasteiger partial charge in [0.2, 0.25) is 0 Å². The Kier molecular flexibility index (Phi) is 3.58. The summed E-state index contributed by atoms with van der Waals surface area (Å²) < 4.78 is 4.99. The number of ether oxygens (including phenoxy) is 1. The lowest BCUT2D eigenvalue weighted by atomic mass is 9.84. The second-order valence-corrected chi connectivity index (χ2v) is 3.13. The largest absolute Gasteiger partial charge is 0.373 e. The Hall–Kier alpha value is -0.370. The Labute approximate surface area is 62.6 Å². The average molecular weight is 144 g/mol. The highest BCUT2D eigenvalue weighted by molar-refractivity contribution is 5.57. The molecule has 2 heteroatoms. The molecule has 0 aliphatic carbocycles. The Morgan fingerprint density at radius 3 is 2.20 bits per heavy atom. The van der Waals surface area contributed by atoms with Gasteiger partial charge in [-0.25, -0.2) is 0 Å². The van der Waals surface area contributed by atoms with E-state index in [9.17, 15) is 4.79 Å². The van der Waals surface area contributed by atoms with E-state index in [0.29, 0.717) is 0 Å². The Bertz CT molecular complexity index is 108. The van der Waals surface area contributed by atoms with Crippen LogP contribution in [0.3, 0.4) is 0 Å². The summed E-state index contributed by atoms with van der Waals surface area (Å²) in [4.78, 5) is 10.4. The molecular weight excluding hydrogens is 128 g/mol. The summed E-state index contributed by atoms with van der Waals surface area (Å²) in [5, 5.41) is 0. The van der Waals surface area contributed by atoms with E-state index in [2.05, 4.69) is 6.92 Å². The lowest BCUT2D eigenvalue weighted by molar-refractivity contribution is -0.122. The van der Waals surface area contributed by atoms with Crippen LogP contribution in [0.5, 0.6) is 0 Å². The molecule has 60 valence electrons. The van der Waals surface area contributed by atoms with Gasteiger partial charge in [-0.3, -0.25) is 0 Å². The molecule has 1 atom stereocenters. The average Bonchev–Trinajstić information content (AvgIpc) is 1.90. The molecule has 0 bridgehead atoms. The van der Waals surface area contributed by atoms with E-state index < -0.39 is 0 Å². The number of carbonyl (C=O) groups excluding carboxylic acids is 1. The maximum Gasteiger partial charge on any atom is 0.149 e. The van der Waals surface area contributed by atoms with E-state index in [0.717, 1.165) is 12.7 Å². The van der Waals surface area contributed by atoms with Crippen molar-refractivity contribution in [1.82, 2.24) is 0 Å². The van der Waals surface area contributed by atoms with Gasteiger partial charge in [-0.15, -0.1) is 0 Å². The summed E-state index contributed by atoms with van der Waals surface area (Å²) in [6.45, 7) is 6.10. The predicted molar refractivity (Wildman–Crippen MR) is 40.9 cm³/mol. The zero-order chi connectivity index (χ0) is 8.20. The van der Waals surface area contributed by atoms with E-state index in [1.54, 1.807) is 7.11 Å². The maximum atomic E-state index is 10.4. The molecule has 0 rings (SSSR count). The normalized spacial score (nSPS) is 14.8. The molecule has 0 aliphatic heterocycles. The Balaban J connectivity index is 4.10. The van der Waals surface area contributed by atoms with E-state index in [1.807, 2.05) is 13.8 Å². The molecule has 0 fully saturated rings. The van der Waals surface area contributed by atoms with Gasteiger partial charge in [0.25, 0.3) is 0 Å². The summed E-state index contributed by atoms with van der Waals surface area (Å²) in [5.41, 5.74) is -0.0312. The van der Waals surface area contributed by atoms with Crippen molar-refractivity contribution in [3.63, 3.8) is 0 Å². The third-order valence-corrected chi connectivity index (χ3v) is 2.06. The smallest absolute Gasteiger partial charge is 0.149 e. The zero-order valence-corrected chi connectivity index (χ0v) is 7.18. The molecule has 0 spiro atoms. The van der Waals surface area contributed by atoms with Crippen molar-refractivity contribution >= 4 is 6.29 Å². The molecule has 0 radical (unpaired) electrons. The van der Waals surface area contributed by atoms with Gasteiger partial charge in [-0.2, -0.15) is 0 Å². The number of hydrogen-bond donors (Lipinski definition) is 0. The minimum absolute atomic E-state index is 0.0312. The number of aldehydes is 1. The number of rotatable bonds is 4. The molecule has 1 unspecified atom stereocenters. The molecule has 0 N–H and O–H groups in total. The highest BCUT2D eigenvalue weighted by atomic mass is 16.5. The first kappa shape index (κ1) is 9.63. The lowest BCUT2D eigenvalue weighted by Gasteiger charge is -2.27. The zero-order valence-electron chi connectivity index (χ0n) is 7.18. The van der Waals surface area contributed by atoms with Crippen LogP contribution < -0.4 is 0 Å². The second kappa shape index (κ2) is 3.71. The van der Waals surface area contributed by atoms with Crippen molar-refractivity contribution in [2.24, 2.45) is 5.41 Å². The monoisotopic (exact) mass is 144 g/mol. The standard InChI is InChI=1S/C8H16O2/c1-5-8(2,3)7(6-9)10-4/h6-7H,5H2,1-4H3. The molecule has 0 saturated heterocycles. The fourth-order valence-corrected chi connectivity index (χ4v) is 0.760. The van der Waals surface area contributed by atoms with Gasteiger partial charge in [0.1, 0.15) is 12.4 Å². The molecule has 0 aromatic heterocycles. The second-order valence-electron chi connectivity index (χ2n) is 3.13. The summed E-state index contributed by atoms with van der Waals surface area (Å²) in [5.74, 6) is 0. The highest BCUT2D eigenvalue weighted by Gasteiger charge is 2.26. The van der Waals surface area contributed by atoms with Crippen LogP contribution >= 0.6 is 0 Å². The van der Waals surface area contributed by atoms with Crippen molar-refractivity contribution in [1.29, 1.82) is 0 Å². The molecule has 2 nitrogen and oxygen atoms in total. The first-order valence-electron chi connectivity index (χ1n) is 3.56. The molecule has 0 amide bonds. The van der Waals surface area contributed by atoms with Gasteiger partial charge in [0.15, 0.2) is 0 Å². The minimum atomic E-state index is -0.266. The van der Waals surface area contributed by atoms with Crippen LogP contribution in [0.4, 0.5) is 0 Å². The summed E-state index contributed by atoms with van der Waals surface area (Å²) in [7, 11) is 1.57. The Morgan fingerprint density at radius 2 is 2.10 bits per heavy atom. The van der Waals surface area contributed by atoms with Crippen molar-refractivity contribution in [2.75, 3.05) is 7.11 Å². The quantitative estimate of drug-likeness (QED) is 0.561. The number of methoxy groups -OCH3 is 1. The van der Waals surface area contributed by atoms with Crippen molar-refractivity contribution < 1.29 is 9.53 Å². The van der Waals surface area contributed by atoms with Crippen LogP contribution in [-0.2, 0) is 9.53 Å². The third kappa shape index (κ3) is 2.10. The van der Waals surface area contributed by atoms with Gasteiger partial charge in [-0.1, -0.05) is 20.8 Å². The minimum Gasteiger partial charge on any atom is -0.373 e. The van der Waals surface area contributed by atoms with Crippen molar-refractivity contribution in [3.05, 3.63) is 0 Å². The fourth-order valence-electron chi connectivity index (χ4n) is 0.760. The fraction of sp³-hybridized carbons (Fsp3) is 0.875. The number of hydrogen-bond acceptors (Lipinski definition) is 2. The van der Waals surface area contributed by atoms with Gasteiger partial charge in [0.05, 0.1) is 0 Å². The number of carbonyl (C=O) groups is 1. The SMILES string of the molecule is CCC(C)(C)C(C=O)OC. The van der Waals surface area contributed by atoms with Crippen LogP contribution in [0, 0.1) is 5.41 Å². The predicted octanol–water partition coefficient (Wildman–Crippen LogP) is 1.64. The van der Waals surface area contributed by atoms with Crippen LogP contribution in [0.2, 0.25) is 0 Å². The van der Waals surface area contributed by atoms with Crippen molar-refractivity contribution in [2.45, 2.75) is 33.3 Å². The Morgan fingerprint density at radius 1 is 1.60 bits per heavy atom. The van der Waals surface area contributed by atoms with Gasteiger partial charge < -0.3 is 9.53 Å². The van der Waals surface area contributed by atoms with Crippen molar-refractivity contribution in [3.8, 4) is 0 Å².